The summed E-state index contributed by atoms with van der Waals surface area (Å²) >= 11 is 6.05. The molecule has 0 saturated carbocycles. The van der Waals surface area contributed by atoms with Crippen molar-refractivity contribution in [3.63, 3.8) is 0 Å². The van der Waals surface area contributed by atoms with Crippen molar-refractivity contribution in [2.45, 2.75) is 25.8 Å². The number of carbonyl (C=O) groups is 1. The highest BCUT2D eigenvalue weighted by Gasteiger charge is 2.24. The molecule has 0 bridgehead atoms. The molecule has 0 spiro atoms. The van der Waals surface area contributed by atoms with Crippen molar-refractivity contribution in [1.29, 1.82) is 0 Å². The minimum Gasteiger partial charge on any atom is -0.354 e. The summed E-state index contributed by atoms with van der Waals surface area (Å²) in [6.45, 7) is 4.47. The van der Waals surface area contributed by atoms with Gasteiger partial charge in [-0.15, -0.1) is 12.4 Å². The first kappa shape index (κ1) is 20.5. The van der Waals surface area contributed by atoms with Gasteiger partial charge in [-0.2, -0.15) is 0 Å². The lowest BCUT2D eigenvalue weighted by Crippen LogP contribution is -2.36. The smallest absolute Gasteiger partial charge is 0.227 e. The van der Waals surface area contributed by atoms with Crippen LogP contribution in [0.4, 0.5) is 0 Å². The average Bonchev–Trinajstić information content (AvgIpc) is 2.53. The van der Waals surface area contributed by atoms with Crippen molar-refractivity contribution in [3.8, 4) is 0 Å². The van der Waals surface area contributed by atoms with E-state index in [1.165, 1.54) is 0 Å². The van der Waals surface area contributed by atoms with Crippen LogP contribution in [-0.2, 0) is 4.79 Å². The highest BCUT2D eigenvalue weighted by molar-refractivity contribution is 6.30. The summed E-state index contributed by atoms with van der Waals surface area (Å²) in [6, 6.07) is 17.0. The zero-order valence-electron chi connectivity index (χ0n) is 13.9. The molecule has 0 radical (unpaired) electrons. The molecule has 0 fully saturated rings. The minimum absolute atomic E-state index is 0. The van der Waals surface area contributed by atoms with E-state index in [9.17, 15) is 4.79 Å². The molecule has 0 saturated heterocycles. The van der Waals surface area contributed by atoms with Crippen molar-refractivity contribution in [1.82, 2.24) is 5.32 Å². The van der Waals surface area contributed by atoms with Crippen LogP contribution in [-0.4, -0.2) is 12.5 Å². The van der Waals surface area contributed by atoms with Crippen LogP contribution in [0.15, 0.2) is 54.6 Å². The Balaban J connectivity index is 0.00000288. The first-order valence-corrected chi connectivity index (χ1v) is 8.20. The van der Waals surface area contributed by atoms with Crippen molar-refractivity contribution in [2.24, 2.45) is 11.7 Å². The number of nitrogens with two attached hydrogens (primary N) is 1. The molecule has 1 amide bonds. The van der Waals surface area contributed by atoms with Gasteiger partial charge in [0.15, 0.2) is 0 Å². The van der Waals surface area contributed by atoms with Crippen LogP contribution in [0.25, 0.3) is 0 Å². The molecular weight excluding hydrogens is 343 g/mol. The van der Waals surface area contributed by atoms with Crippen molar-refractivity contribution < 1.29 is 4.79 Å². The van der Waals surface area contributed by atoms with Gasteiger partial charge in [0, 0.05) is 17.6 Å². The summed E-state index contributed by atoms with van der Waals surface area (Å²) in [7, 11) is 0. The number of carbonyl (C=O) groups excluding carboxylic acids is 1. The van der Waals surface area contributed by atoms with Crippen LogP contribution in [0.1, 0.15) is 36.9 Å². The Kier molecular flexibility index (Phi) is 8.26. The molecule has 0 aliphatic rings. The van der Waals surface area contributed by atoms with Gasteiger partial charge in [0.1, 0.15) is 0 Å². The Morgan fingerprint density at radius 1 is 1.08 bits per heavy atom. The highest BCUT2D eigenvalue weighted by Crippen LogP contribution is 2.27. The van der Waals surface area contributed by atoms with E-state index in [1.54, 1.807) is 0 Å². The number of amides is 1. The second kappa shape index (κ2) is 9.67. The number of hydrogen-bond acceptors (Lipinski definition) is 2. The third-order valence-corrected chi connectivity index (χ3v) is 4.12. The van der Waals surface area contributed by atoms with Crippen LogP contribution in [0.3, 0.4) is 0 Å². The molecule has 5 heteroatoms. The number of nitrogens with one attached hydrogen (secondary N) is 1. The van der Waals surface area contributed by atoms with Crippen molar-refractivity contribution >= 4 is 29.9 Å². The summed E-state index contributed by atoms with van der Waals surface area (Å²) in [5.74, 6) is -0.0910. The molecule has 2 atom stereocenters. The van der Waals surface area contributed by atoms with E-state index in [-0.39, 0.29) is 36.2 Å². The lowest BCUT2D eigenvalue weighted by Gasteiger charge is -2.22. The van der Waals surface area contributed by atoms with Crippen molar-refractivity contribution in [3.05, 3.63) is 70.7 Å². The van der Waals surface area contributed by atoms with Gasteiger partial charge in [-0.3, -0.25) is 4.79 Å². The first-order valence-electron chi connectivity index (χ1n) is 7.82. The SMILES string of the molecule is CC(C)C(C(=O)NCC(N)c1ccccc1)c1cccc(Cl)c1.Cl. The summed E-state index contributed by atoms with van der Waals surface area (Å²) < 4.78 is 0. The molecule has 2 aromatic rings. The fraction of sp³-hybridized carbons (Fsp3) is 0.316. The maximum atomic E-state index is 12.6. The highest BCUT2D eigenvalue weighted by atomic mass is 35.5. The lowest BCUT2D eigenvalue weighted by molar-refractivity contribution is -0.123. The van der Waals surface area contributed by atoms with E-state index in [0.29, 0.717) is 11.6 Å². The largest absolute Gasteiger partial charge is 0.354 e. The molecule has 3 nitrogen and oxygen atoms in total. The van der Waals surface area contributed by atoms with Crippen LogP contribution in [0, 0.1) is 5.92 Å². The van der Waals surface area contributed by atoms with Gasteiger partial charge in [0.05, 0.1) is 5.92 Å². The standard InChI is InChI=1S/C19H23ClN2O.ClH/c1-13(2)18(15-9-6-10-16(20)11-15)19(23)22-12-17(21)14-7-4-3-5-8-14;/h3-11,13,17-18H,12,21H2,1-2H3,(H,22,23);1H. The summed E-state index contributed by atoms with van der Waals surface area (Å²) in [5, 5.41) is 3.61. The van der Waals surface area contributed by atoms with Crippen LogP contribution in [0.5, 0.6) is 0 Å². The molecule has 2 rings (SSSR count). The third kappa shape index (κ3) is 5.52. The Morgan fingerprint density at radius 3 is 2.29 bits per heavy atom. The molecule has 0 aromatic heterocycles. The second-order valence-corrected chi connectivity index (χ2v) is 6.48. The number of rotatable bonds is 6. The van der Waals surface area contributed by atoms with E-state index in [4.69, 9.17) is 17.3 Å². The van der Waals surface area contributed by atoms with E-state index in [1.807, 2.05) is 68.4 Å². The topological polar surface area (TPSA) is 55.1 Å². The molecule has 0 aliphatic carbocycles. The molecule has 0 heterocycles. The molecule has 0 aliphatic heterocycles. The Hall–Kier alpha value is -1.55. The van der Waals surface area contributed by atoms with E-state index in [0.717, 1.165) is 11.1 Å². The predicted octanol–water partition coefficient (Wildman–Crippen LogP) is 4.32. The van der Waals surface area contributed by atoms with Gasteiger partial charge < -0.3 is 11.1 Å². The van der Waals surface area contributed by atoms with Gasteiger partial charge in [0.2, 0.25) is 5.91 Å². The fourth-order valence-corrected chi connectivity index (χ4v) is 2.88. The fourth-order valence-electron chi connectivity index (χ4n) is 2.68. The van der Waals surface area contributed by atoms with Gasteiger partial charge >= 0.3 is 0 Å². The van der Waals surface area contributed by atoms with Crippen LogP contribution in [0.2, 0.25) is 5.02 Å². The number of benzene rings is 2. The van der Waals surface area contributed by atoms with E-state index >= 15 is 0 Å². The molecule has 2 unspecified atom stereocenters. The molecule has 3 N–H and O–H groups in total. The number of hydrogen-bond donors (Lipinski definition) is 2. The Labute approximate surface area is 155 Å². The lowest BCUT2D eigenvalue weighted by atomic mass is 9.87. The van der Waals surface area contributed by atoms with Gasteiger partial charge in [0.25, 0.3) is 0 Å². The van der Waals surface area contributed by atoms with Crippen LogP contribution < -0.4 is 11.1 Å². The second-order valence-electron chi connectivity index (χ2n) is 6.04. The summed E-state index contributed by atoms with van der Waals surface area (Å²) in [4.78, 5) is 12.6. The van der Waals surface area contributed by atoms with E-state index in [2.05, 4.69) is 5.32 Å². The molecule has 2 aromatic carbocycles. The van der Waals surface area contributed by atoms with Crippen LogP contribution >= 0.6 is 24.0 Å². The first-order chi connectivity index (χ1) is 11.0. The Morgan fingerprint density at radius 2 is 1.71 bits per heavy atom. The normalized spacial score (nSPS) is 13.0. The average molecular weight is 367 g/mol. The number of halogens is 2. The zero-order valence-corrected chi connectivity index (χ0v) is 15.5. The van der Waals surface area contributed by atoms with Gasteiger partial charge in [-0.1, -0.05) is 67.9 Å². The van der Waals surface area contributed by atoms with Crippen molar-refractivity contribution in [2.75, 3.05) is 6.54 Å². The predicted molar refractivity (Wildman–Crippen MR) is 103 cm³/mol. The van der Waals surface area contributed by atoms with Gasteiger partial charge in [-0.25, -0.2) is 0 Å². The van der Waals surface area contributed by atoms with Gasteiger partial charge in [-0.05, 0) is 29.2 Å². The summed E-state index contributed by atoms with van der Waals surface area (Å²) in [5.41, 5.74) is 8.09. The van der Waals surface area contributed by atoms with E-state index < -0.39 is 0 Å². The maximum Gasteiger partial charge on any atom is 0.227 e. The molecule has 130 valence electrons. The third-order valence-electron chi connectivity index (χ3n) is 3.88. The summed E-state index contributed by atoms with van der Waals surface area (Å²) in [6.07, 6.45) is 0. The monoisotopic (exact) mass is 366 g/mol. The minimum atomic E-state index is -0.239. The quantitative estimate of drug-likeness (QED) is 0.799. The molecule has 24 heavy (non-hydrogen) atoms. The maximum absolute atomic E-state index is 12.6. The zero-order chi connectivity index (χ0) is 16.8. The molecular formula is C19H24Cl2N2O. The Bertz CT molecular complexity index is 647.